The largest absolute Gasteiger partial charge is 0.464 e. The normalized spacial score (nSPS) is 10.8. The second-order valence-electron chi connectivity index (χ2n) is 3.11. The second kappa shape index (κ2) is 4.91. The van der Waals surface area contributed by atoms with Crippen LogP contribution in [0.25, 0.3) is 0 Å². The Kier molecular flexibility index (Phi) is 3.81. The number of nitrogens with two attached hydrogens (primary N) is 1. The third-order valence-corrected chi connectivity index (χ3v) is 2.10. The van der Waals surface area contributed by atoms with E-state index in [1.165, 1.54) is 7.11 Å². The number of nitrogen functional groups attached to an aromatic ring is 1. The minimum atomic E-state index is -2.55. The smallest absolute Gasteiger partial charge is 0.360 e. The highest BCUT2D eigenvalue weighted by Gasteiger charge is 2.21. The summed E-state index contributed by atoms with van der Waals surface area (Å²) in [7, 11) is 1.18. The van der Waals surface area contributed by atoms with Crippen LogP contribution in [0.4, 0.5) is 14.6 Å². The molecule has 1 rings (SSSR count). The molecule has 0 amide bonds. The van der Waals surface area contributed by atoms with Crippen molar-refractivity contribution in [3.63, 3.8) is 0 Å². The van der Waals surface area contributed by atoms with Gasteiger partial charge in [0.25, 0.3) is 6.43 Å². The summed E-state index contributed by atoms with van der Waals surface area (Å²) >= 11 is 0. The van der Waals surface area contributed by atoms with Crippen LogP contribution in [0.15, 0.2) is 0 Å². The van der Waals surface area contributed by atoms with Gasteiger partial charge in [0.15, 0.2) is 5.69 Å². The highest BCUT2D eigenvalue weighted by molar-refractivity contribution is 5.92. The molecule has 0 unspecified atom stereocenters. The zero-order chi connectivity index (χ0) is 12.3. The van der Waals surface area contributed by atoms with Crippen LogP contribution in [0.1, 0.15) is 23.2 Å². The number of aryl methyl sites for hydroxylation is 1. The van der Waals surface area contributed by atoms with E-state index in [0.29, 0.717) is 12.2 Å². The Morgan fingerprint density at radius 2 is 2.25 bits per heavy atom. The molecular weight excluding hydrogens is 220 g/mol. The highest BCUT2D eigenvalue weighted by atomic mass is 19.3. The molecule has 0 aliphatic carbocycles. The van der Waals surface area contributed by atoms with Gasteiger partial charge in [-0.1, -0.05) is 6.92 Å². The summed E-state index contributed by atoms with van der Waals surface area (Å²) < 4.78 is 30.2. The maximum absolute atomic E-state index is 12.3. The average Bonchev–Trinajstić information content (AvgIpc) is 2.55. The third-order valence-electron chi connectivity index (χ3n) is 2.10. The van der Waals surface area contributed by atoms with Gasteiger partial charge in [0.1, 0.15) is 11.6 Å². The number of anilines is 1. The van der Waals surface area contributed by atoms with Crippen LogP contribution in [0.5, 0.6) is 0 Å². The number of rotatable bonds is 4. The number of imidazole rings is 1. The van der Waals surface area contributed by atoms with Gasteiger partial charge < -0.3 is 15.0 Å². The van der Waals surface area contributed by atoms with Gasteiger partial charge in [0.2, 0.25) is 0 Å². The molecule has 1 aromatic rings. The molecule has 0 aliphatic heterocycles. The lowest BCUT2D eigenvalue weighted by Gasteiger charge is -2.07. The van der Waals surface area contributed by atoms with E-state index in [1.807, 2.05) is 0 Å². The minimum Gasteiger partial charge on any atom is -0.464 e. The number of carbonyl (C=O) groups is 1. The Bertz CT molecular complexity index is 390. The van der Waals surface area contributed by atoms with Gasteiger partial charge in [0.05, 0.1) is 13.7 Å². The number of nitrogens with zero attached hydrogens (tertiary/aromatic N) is 2. The standard InChI is InChI=1S/C9H13F2N3O2/c1-3-6-13-7(9(15)16-2)8(12)14(6)4-5(10)11/h5H,3-4,12H2,1-2H3. The van der Waals surface area contributed by atoms with Crippen LogP contribution >= 0.6 is 0 Å². The van der Waals surface area contributed by atoms with Crippen molar-refractivity contribution in [3.8, 4) is 0 Å². The van der Waals surface area contributed by atoms with Gasteiger partial charge in [-0.15, -0.1) is 0 Å². The summed E-state index contributed by atoms with van der Waals surface area (Å²) in [5.41, 5.74) is 5.46. The van der Waals surface area contributed by atoms with Crippen LogP contribution in [-0.4, -0.2) is 29.1 Å². The van der Waals surface area contributed by atoms with Crippen molar-refractivity contribution in [2.75, 3.05) is 12.8 Å². The van der Waals surface area contributed by atoms with Crippen LogP contribution in [0.2, 0.25) is 0 Å². The molecule has 90 valence electrons. The van der Waals surface area contributed by atoms with Crippen molar-refractivity contribution in [1.29, 1.82) is 0 Å². The van der Waals surface area contributed by atoms with Gasteiger partial charge >= 0.3 is 5.97 Å². The number of aromatic nitrogens is 2. The first-order chi connectivity index (χ1) is 7.51. The highest BCUT2D eigenvalue weighted by Crippen LogP contribution is 2.17. The number of hydrogen-bond acceptors (Lipinski definition) is 4. The summed E-state index contributed by atoms with van der Waals surface area (Å²) in [6.07, 6.45) is -2.14. The number of hydrogen-bond donors (Lipinski definition) is 1. The fourth-order valence-electron chi connectivity index (χ4n) is 1.37. The Balaban J connectivity index is 3.15. The topological polar surface area (TPSA) is 70.1 Å². The lowest BCUT2D eigenvalue weighted by Crippen LogP contribution is -2.13. The van der Waals surface area contributed by atoms with Crippen LogP contribution in [0, 0.1) is 0 Å². The lowest BCUT2D eigenvalue weighted by molar-refractivity contribution is 0.0595. The monoisotopic (exact) mass is 233 g/mol. The molecule has 0 aromatic carbocycles. The Labute approximate surface area is 91.2 Å². The Morgan fingerprint density at radius 1 is 1.62 bits per heavy atom. The van der Waals surface area contributed by atoms with Gasteiger partial charge in [0, 0.05) is 6.42 Å². The van der Waals surface area contributed by atoms with Crippen molar-refractivity contribution >= 4 is 11.8 Å². The number of halogens is 2. The number of alkyl halides is 2. The van der Waals surface area contributed by atoms with Crippen LogP contribution in [0.3, 0.4) is 0 Å². The van der Waals surface area contributed by atoms with E-state index in [4.69, 9.17) is 5.73 Å². The molecule has 0 radical (unpaired) electrons. The quantitative estimate of drug-likeness (QED) is 0.790. The SMILES string of the molecule is CCc1nc(C(=O)OC)c(N)n1CC(F)F. The molecule has 1 aromatic heterocycles. The molecule has 7 heteroatoms. The van der Waals surface area contributed by atoms with E-state index in [-0.39, 0.29) is 11.5 Å². The zero-order valence-corrected chi connectivity index (χ0v) is 9.04. The summed E-state index contributed by atoms with van der Waals surface area (Å²) in [4.78, 5) is 15.1. The molecule has 16 heavy (non-hydrogen) atoms. The predicted molar refractivity (Wildman–Crippen MR) is 53.4 cm³/mol. The van der Waals surface area contributed by atoms with Gasteiger partial charge in [-0.2, -0.15) is 0 Å². The first-order valence-electron chi connectivity index (χ1n) is 4.72. The number of carbonyl (C=O) groups excluding carboxylic acids is 1. The molecule has 0 saturated heterocycles. The van der Waals surface area contributed by atoms with E-state index in [9.17, 15) is 13.6 Å². The van der Waals surface area contributed by atoms with Gasteiger partial charge in [-0.3, -0.25) is 0 Å². The maximum atomic E-state index is 12.3. The van der Waals surface area contributed by atoms with E-state index in [0.717, 1.165) is 4.57 Å². The van der Waals surface area contributed by atoms with Gasteiger partial charge in [-0.25, -0.2) is 18.6 Å². The summed E-state index contributed by atoms with van der Waals surface area (Å²) in [6.45, 7) is 1.17. The number of ether oxygens (including phenoxy) is 1. The molecule has 0 aliphatic rings. The lowest BCUT2D eigenvalue weighted by atomic mass is 10.4. The molecule has 0 fully saturated rings. The van der Waals surface area contributed by atoms with E-state index in [1.54, 1.807) is 6.92 Å². The van der Waals surface area contributed by atoms with E-state index >= 15 is 0 Å². The summed E-state index contributed by atoms with van der Waals surface area (Å²) in [5.74, 6) is -0.456. The fourth-order valence-corrected chi connectivity index (χ4v) is 1.37. The first-order valence-corrected chi connectivity index (χ1v) is 4.72. The molecular formula is C9H13F2N3O2. The third kappa shape index (κ3) is 2.29. The minimum absolute atomic E-state index is 0.0796. The van der Waals surface area contributed by atoms with Crippen molar-refractivity contribution in [3.05, 3.63) is 11.5 Å². The number of methoxy groups -OCH3 is 1. The molecule has 0 saturated carbocycles. The Hall–Kier alpha value is -1.66. The van der Waals surface area contributed by atoms with Crippen molar-refractivity contribution in [2.45, 2.75) is 26.3 Å². The first kappa shape index (κ1) is 12.4. The van der Waals surface area contributed by atoms with E-state index in [2.05, 4.69) is 9.72 Å². The van der Waals surface area contributed by atoms with Crippen LogP contribution in [-0.2, 0) is 17.7 Å². The molecule has 0 bridgehead atoms. The van der Waals surface area contributed by atoms with Crippen LogP contribution < -0.4 is 5.73 Å². The molecule has 0 spiro atoms. The van der Waals surface area contributed by atoms with Crippen molar-refractivity contribution in [1.82, 2.24) is 9.55 Å². The van der Waals surface area contributed by atoms with Crippen molar-refractivity contribution in [2.24, 2.45) is 0 Å². The fraction of sp³-hybridized carbons (Fsp3) is 0.556. The molecule has 2 N–H and O–H groups in total. The molecule has 0 atom stereocenters. The number of esters is 1. The predicted octanol–water partition coefficient (Wildman–Crippen LogP) is 1.08. The van der Waals surface area contributed by atoms with Gasteiger partial charge in [-0.05, 0) is 0 Å². The molecule has 1 heterocycles. The average molecular weight is 233 g/mol. The summed E-state index contributed by atoms with van der Waals surface area (Å²) in [6, 6.07) is 0. The maximum Gasteiger partial charge on any atom is 0.360 e. The second-order valence-corrected chi connectivity index (χ2v) is 3.11. The molecule has 5 nitrogen and oxygen atoms in total. The van der Waals surface area contributed by atoms with Crippen molar-refractivity contribution < 1.29 is 18.3 Å². The zero-order valence-electron chi connectivity index (χ0n) is 9.04. The summed E-state index contributed by atoms with van der Waals surface area (Å²) in [5, 5.41) is 0. The van der Waals surface area contributed by atoms with E-state index < -0.39 is 18.9 Å². The Morgan fingerprint density at radius 3 is 2.69 bits per heavy atom.